The third-order valence-corrected chi connectivity index (χ3v) is 3.65. The third kappa shape index (κ3) is 2.72. The van der Waals surface area contributed by atoms with Crippen LogP contribution in [0.3, 0.4) is 0 Å². The second-order valence-electron chi connectivity index (χ2n) is 5.14. The highest BCUT2D eigenvalue weighted by molar-refractivity contribution is 5.81. The summed E-state index contributed by atoms with van der Waals surface area (Å²) < 4.78 is 16.4. The smallest absolute Gasteiger partial charge is 0.249 e. The zero-order valence-corrected chi connectivity index (χ0v) is 11.6. The average Bonchev–Trinajstić information content (AvgIpc) is 3.01. The van der Waals surface area contributed by atoms with Crippen molar-refractivity contribution in [1.29, 1.82) is 0 Å². The van der Waals surface area contributed by atoms with Gasteiger partial charge in [0.25, 0.3) is 0 Å². The van der Waals surface area contributed by atoms with E-state index in [1.54, 1.807) is 0 Å². The Morgan fingerprint density at radius 2 is 2.05 bits per heavy atom. The van der Waals surface area contributed by atoms with Gasteiger partial charge in [0.15, 0.2) is 11.5 Å². The first-order valence-electron chi connectivity index (χ1n) is 7.05. The number of rotatable bonds is 3. The predicted octanol–water partition coefficient (Wildman–Crippen LogP) is 1.81. The maximum Gasteiger partial charge on any atom is 0.249 e. The Bertz CT molecular complexity index is 497. The lowest BCUT2D eigenvalue weighted by Crippen LogP contribution is -2.35. The van der Waals surface area contributed by atoms with Crippen LogP contribution in [0.5, 0.6) is 11.5 Å². The summed E-state index contributed by atoms with van der Waals surface area (Å²) in [7, 11) is 0. The van der Waals surface area contributed by atoms with Crippen LogP contribution in [-0.4, -0.2) is 31.8 Å². The van der Waals surface area contributed by atoms with Crippen molar-refractivity contribution < 1.29 is 19.0 Å². The number of carbonyl (C=O) groups is 1. The molecule has 2 heterocycles. The largest absolute Gasteiger partial charge is 0.486 e. The Morgan fingerprint density at radius 1 is 1.25 bits per heavy atom. The zero-order chi connectivity index (χ0) is 13.9. The van der Waals surface area contributed by atoms with Crippen molar-refractivity contribution in [2.24, 2.45) is 0 Å². The van der Waals surface area contributed by atoms with Crippen molar-refractivity contribution in [1.82, 2.24) is 5.32 Å². The molecule has 2 aliphatic rings. The molecule has 0 radical (unpaired) electrons. The summed E-state index contributed by atoms with van der Waals surface area (Å²) >= 11 is 0. The highest BCUT2D eigenvalue weighted by Crippen LogP contribution is 2.32. The summed E-state index contributed by atoms with van der Waals surface area (Å²) in [5.74, 6) is 1.47. The van der Waals surface area contributed by atoms with Gasteiger partial charge in [-0.25, -0.2) is 0 Å². The fourth-order valence-corrected chi connectivity index (χ4v) is 2.50. The second-order valence-corrected chi connectivity index (χ2v) is 5.14. The molecule has 1 aromatic rings. The molecule has 1 N–H and O–H groups in total. The van der Waals surface area contributed by atoms with Crippen molar-refractivity contribution in [3.05, 3.63) is 23.8 Å². The Labute approximate surface area is 118 Å². The molecule has 0 spiro atoms. The molecule has 108 valence electrons. The van der Waals surface area contributed by atoms with Gasteiger partial charge in [0.2, 0.25) is 5.91 Å². The molecule has 1 amide bonds. The van der Waals surface area contributed by atoms with Crippen LogP contribution < -0.4 is 14.8 Å². The third-order valence-electron chi connectivity index (χ3n) is 3.65. The lowest BCUT2D eigenvalue weighted by Gasteiger charge is -2.21. The SMILES string of the molecule is C[C@@H](NC(=O)[C@H]1CCCO1)c1ccc2c(c1)OCCO2. The first kappa shape index (κ1) is 13.2. The van der Waals surface area contributed by atoms with Crippen LogP contribution >= 0.6 is 0 Å². The molecule has 3 rings (SSSR count). The van der Waals surface area contributed by atoms with Crippen molar-refractivity contribution in [3.8, 4) is 11.5 Å². The van der Waals surface area contributed by atoms with Crippen molar-refractivity contribution >= 4 is 5.91 Å². The van der Waals surface area contributed by atoms with E-state index in [-0.39, 0.29) is 18.1 Å². The van der Waals surface area contributed by atoms with Gasteiger partial charge < -0.3 is 19.5 Å². The molecule has 0 aromatic heterocycles. The Kier molecular flexibility index (Phi) is 3.78. The van der Waals surface area contributed by atoms with Crippen LogP contribution in [0.25, 0.3) is 0 Å². The fourth-order valence-electron chi connectivity index (χ4n) is 2.50. The predicted molar refractivity (Wildman–Crippen MR) is 73.0 cm³/mol. The molecule has 1 fully saturated rings. The summed E-state index contributed by atoms with van der Waals surface area (Å²) in [5, 5.41) is 2.98. The van der Waals surface area contributed by atoms with E-state index in [1.807, 2.05) is 25.1 Å². The number of carbonyl (C=O) groups excluding carboxylic acids is 1. The number of hydrogen-bond acceptors (Lipinski definition) is 4. The molecular formula is C15H19NO4. The van der Waals surface area contributed by atoms with E-state index < -0.39 is 0 Å². The number of ether oxygens (including phenoxy) is 3. The molecule has 0 aliphatic carbocycles. The Morgan fingerprint density at radius 3 is 2.80 bits per heavy atom. The van der Waals surface area contributed by atoms with E-state index in [2.05, 4.69) is 5.32 Å². The quantitative estimate of drug-likeness (QED) is 0.915. The van der Waals surface area contributed by atoms with Crippen LogP contribution in [-0.2, 0) is 9.53 Å². The fraction of sp³-hybridized carbons (Fsp3) is 0.533. The van der Waals surface area contributed by atoms with Crippen LogP contribution in [0.1, 0.15) is 31.4 Å². The van der Waals surface area contributed by atoms with Crippen LogP contribution in [0, 0.1) is 0 Å². The minimum absolute atomic E-state index is 0.0371. The summed E-state index contributed by atoms with van der Waals surface area (Å²) in [5.41, 5.74) is 1.00. The maximum atomic E-state index is 12.0. The van der Waals surface area contributed by atoms with E-state index in [0.29, 0.717) is 19.8 Å². The van der Waals surface area contributed by atoms with E-state index in [4.69, 9.17) is 14.2 Å². The van der Waals surface area contributed by atoms with Crippen molar-refractivity contribution in [3.63, 3.8) is 0 Å². The summed E-state index contributed by atoms with van der Waals surface area (Å²) in [6.45, 7) is 3.78. The van der Waals surface area contributed by atoms with Gasteiger partial charge in [-0.15, -0.1) is 0 Å². The second kappa shape index (κ2) is 5.71. The molecule has 0 bridgehead atoms. The van der Waals surface area contributed by atoms with Crippen molar-refractivity contribution in [2.45, 2.75) is 31.9 Å². The van der Waals surface area contributed by atoms with Crippen LogP contribution in [0.2, 0.25) is 0 Å². The van der Waals surface area contributed by atoms with Gasteiger partial charge in [-0.1, -0.05) is 6.07 Å². The minimum Gasteiger partial charge on any atom is -0.486 e. The molecule has 5 nitrogen and oxygen atoms in total. The highest BCUT2D eigenvalue weighted by atomic mass is 16.6. The molecule has 5 heteroatoms. The van der Waals surface area contributed by atoms with Crippen molar-refractivity contribution in [2.75, 3.05) is 19.8 Å². The normalized spacial score (nSPS) is 22.4. The number of benzene rings is 1. The standard InChI is InChI=1S/C15H19NO4/c1-10(16-15(17)13-3-2-6-18-13)11-4-5-12-14(9-11)20-8-7-19-12/h4-5,9-10,13H,2-3,6-8H2,1H3,(H,16,17)/t10-,13-/m1/s1. The van der Waals surface area contributed by atoms with Crippen LogP contribution in [0.15, 0.2) is 18.2 Å². The van der Waals surface area contributed by atoms with E-state index >= 15 is 0 Å². The zero-order valence-electron chi connectivity index (χ0n) is 11.6. The first-order chi connectivity index (χ1) is 9.74. The molecule has 2 aliphatic heterocycles. The molecule has 0 saturated carbocycles. The lowest BCUT2D eigenvalue weighted by atomic mass is 10.1. The average molecular weight is 277 g/mol. The number of amides is 1. The number of fused-ring (bicyclic) bond motifs is 1. The van der Waals surface area contributed by atoms with E-state index in [9.17, 15) is 4.79 Å². The Hall–Kier alpha value is -1.75. The number of hydrogen-bond donors (Lipinski definition) is 1. The van der Waals surface area contributed by atoms with E-state index in [1.165, 1.54) is 0 Å². The summed E-state index contributed by atoms with van der Waals surface area (Å²) in [6.07, 6.45) is 1.46. The van der Waals surface area contributed by atoms with Gasteiger partial charge in [0.05, 0.1) is 6.04 Å². The Balaban J connectivity index is 1.67. The molecule has 1 aromatic carbocycles. The van der Waals surface area contributed by atoms with Gasteiger partial charge in [0.1, 0.15) is 19.3 Å². The first-order valence-corrected chi connectivity index (χ1v) is 7.05. The lowest BCUT2D eigenvalue weighted by molar-refractivity contribution is -0.130. The number of nitrogens with one attached hydrogen (secondary N) is 1. The molecule has 1 saturated heterocycles. The van der Waals surface area contributed by atoms with Gasteiger partial charge in [-0.05, 0) is 37.5 Å². The summed E-state index contributed by atoms with van der Waals surface area (Å²) in [4.78, 5) is 12.0. The molecule has 20 heavy (non-hydrogen) atoms. The van der Waals surface area contributed by atoms with E-state index in [0.717, 1.165) is 29.9 Å². The summed E-state index contributed by atoms with van der Waals surface area (Å²) in [6, 6.07) is 5.68. The molecular weight excluding hydrogens is 258 g/mol. The monoisotopic (exact) mass is 277 g/mol. The van der Waals surface area contributed by atoms with Crippen LogP contribution in [0.4, 0.5) is 0 Å². The van der Waals surface area contributed by atoms with Gasteiger partial charge in [-0.2, -0.15) is 0 Å². The van der Waals surface area contributed by atoms with Gasteiger partial charge >= 0.3 is 0 Å². The van der Waals surface area contributed by atoms with Gasteiger partial charge in [0, 0.05) is 6.61 Å². The van der Waals surface area contributed by atoms with Gasteiger partial charge in [-0.3, -0.25) is 4.79 Å². The molecule has 2 atom stereocenters. The molecule has 0 unspecified atom stereocenters. The minimum atomic E-state index is -0.297. The topological polar surface area (TPSA) is 56.8 Å². The highest BCUT2D eigenvalue weighted by Gasteiger charge is 2.25. The maximum absolute atomic E-state index is 12.0.